The van der Waals surface area contributed by atoms with Crippen LogP contribution in [0.25, 0.3) is 0 Å². The smallest absolute Gasteiger partial charge is 0.230 e. The summed E-state index contributed by atoms with van der Waals surface area (Å²) in [6.07, 6.45) is 3.77. The van der Waals surface area contributed by atoms with Crippen molar-refractivity contribution in [1.82, 2.24) is 5.32 Å². The lowest BCUT2D eigenvalue weighted by molar-refractivity contribution is -0.123. The zero-order valence-corrected chi connectivity index (χ0v) is 14.1. The summed E-state index contributed by atoms with van der Waals surface area (Å²) >= 11 is 5.92. The van der Waals surface area contributed by atoms with Crippen LogP contribution >= 0.6 is 11.6 Å². The molecule has 0 bridgehead atoms. The van der Waals surface area contributed by atoms with Gasteiger partial charge in [0.1, 0.15) is 0 Å². The van der Waals surface area contributed by atoms with Gasteiger partial charge in [0.2, 0.25) is 5.91 Å². The Hall–Kier alpha value is -1.10. The molecule has 1 aromatic rings. The van der Waals surface area contributed by atoms with Gasteiger partial charge in [-0.3, -0.25) is 4.79 Å². The first-order valence-electron chi connectivity index (χ1n) is 8.40. The van der Waals surface area contributed by atoms with Crippen molar-refractivity contribution < 1.29 is 14.3 Å². The monoisotopic (exact) mass is 337 g/mol. The molecule has 1 aliphatic heterocycles. The molecule has 1 heterocycles. The van der Waals surface area contributed by atoms with Gasteiger partial charge < -0.3 is 14.8 Å². The summed E-state index contributed by atoms with van der Waals surface area (Å²) in [5.74, 6) is 0.674. The normalized spacial score (nSPS) is 22.0. The van der Waals surface area contributed by atoms with E-state index in [2.05, 4.69) is 5.32 Å². The van der Waals surface area contributed by atoms with Gasteiger partial charge in [0.05, 0.1) is 18.6 Å². The highest BCUT2D eigenvalue weighted by Crippen LogP contribution is 2.48. The average molecular weight is 338 g/mol. The zero-order chi connectivity index (χ0) is 16.1. The molecule has 0 spiro atoms. The molecule has 1 amide bonds. The predicted octanol–water partition coefficient (Wildman–Crippen LogP) is 2.93. The Morgan fingerprint density at radius 1 is 1.35 bits per heavy atom. The van der Waals surface area contributed by atoms with Crippen LogP contribution in [0.2, 0.25) is 5.02 Å². The zero-order valence-electron chi connectivity index (χ0n) is 13.4. The number of benzene rings is 1. The molecule has 1 aliphatic carbocycles. The summed E-state index contributed by atoms with van der Waals surface area (Å²) < 4.78 is 11.0. The fraction of sp³-hybridized carbons (Fsp3) is 0.611. The second-order valence-corrected chi connectivity index (χ2v) is 6.94. The van der Waals surface area contributed by atoms with Crippen molar-refractivity contribution in [3.63, 3.8) is 0 Å². The maximum Gasteiger partial charge on any atom is 0.230 e. The van der Waals surface area contributed by atoms with Gasteiger partial charge in [-0.25, -0.2) is 0 Å². The maximum absolute atomic E-state index is 12.5. The fourth-order valence-corrected chi connectivity index (χ4v) is 3.18. The topological polar surface area (TPSA) is 47.6 Å². The molecule has 1 saturated carbocycles. The van der Waals surface area contributed by atoms with E-state index in [9.17, 15) is 4.79 Å². The largest absolute Gasteiger partial charge is 0.381 e. The minimum Gasteiger partial charge on any atom is -0.381 e. The summed E-state index contributed by atoms with van der Waals surface area (Å²) in [5, 5.41) is 3.75. The lowest BCUT2D eigenvalue weighted by Gasteiger charge is -2.16. The van der Waals surface area contributed by atoms with Crippen molar-refractivity contribution in [3.8, 4) is 0 Å². The standard InChI is InChI=1S/C18H24ClNO3/c19-16-4-2-15(3-5-16)18(7-8-18)17(21)20-9-1-10-22-12-14-6-11-23-13-14/h2-5,14H,1,6-13H2,(H,20,21). The van der Waals surface area contributed by atoms with E-state index < -0.39 is 0 Å². The molecule has 1 aromatic carbocycles. The predicted molar refractivity (Wildman–Crippen MR) is 89.7 cm³/mol. The summed E-state index contributed by atoms with van der Waals surface area (Å²) in [4.78, 5) is 12.5. The van der Waals surface area contributed by atoms with Gasteiger partial charge in [-0.2, -0.15) is 0 Å². The van der Waals surface area contributed by atoms with Gasteiger partial charge in [-0.15, -0.1) is 0 Å². The summed E-state index contributed by atoms with van der Waals surface area (Å²) in [6, 6.07) is 7.62. The first-order valence-corrected chi connectivity index (χ1v) is 8.78. The third-order valence-electron chi connectivity index (χ3n) is 4.71. The molecule has 1 saturated heterocycles. The number of rotatable bonds is 8. The van der Waals surface area contributed by atoms with E-state index in [0.29, 0.717) is 24.1 Å². The minimum atomic E-state index is -0.327. The number of carbonyl (C=O) groups is 1. The first kappa shape index (κ1) is 16.7. The number of carbonyl (C=O) groups excluding carboxylic acids is 1. The van der Waals surface area contributed by atoms with Crippen LogP contribution < -0.4 is 5.32 Å². The van der Waals surface area contributed by atoms with Crippen LogP contribution in [-0.4, -0.2) is 38.9 Å². The van der Waals surface area contributed by atoms with Crippen LogP contribution in [0.15, 0.2) is 24.3 Å². The fourth-order valence-electron chi connectivity index (χ4n) is 3.05. The van der Waals surface area contributed by atoms with E-state index in [4.69, 9.17) is 21.1 Å². The summed E-state index contributed by atoms with van der Waals surface area (Å²) in [5.41, 5.74) is 0.740. The average Bonchev–Trinajstić information content (AvgIpc) is 3.21. The molecular weight excluding hydrogens is 314 g/mol. The molecule has 2 fully saturated rings. The lowest BCUT2D eigenvalue weighted by Crippen LogP contribution is -2.35. The van der Waals surface area contributed by atoms with Crippen molar-refractivity contribution in [2.24, 2.45) is 5.92 Å². The molecule has 1 unspecified atom stereocenters. The van der Waals surface area contributed by atoms with Crippen molar-refractivity contribution in [2.45, 2.75) is 31.1 Å². The molecule has 2 aliphatic rings. The highest BCUT2D eigenvalue weighted by molar-refractivity contribution is 6.30. The number of amides is 1. The van der Waals surface area contributed by atoms with Crippen LogP contribution in [0, 0.1) is 5.92 Å². The second-order valence-electron chi connectivity index (χ2n) is 6.50. The molecule has 126 valence electrons. The number of halogens is 1. The van der Waals surface area contributed by atoms with Gasteiger partial charge in [-0.1, -0.05) is 23.7 Å². The van der Waals surface area contributed by atoms with Gasteiger partial charge in [-0.05, 0) is 43.4 Å². The van der Waals surface area contributed by atoms with Gasteiger partial charge in [0.15, 0.2) is 0 Å². The second kappa shape index (κ2) is 7.65. The van der Waals surface area contributed by atoms with Crippen LogP contribution in [0.1, 0.15) is 31.2 Å². The number of nitrogens with one attached hydrogen (secondary N) is 1. The van der Waals surface area contributed by atoms with E-state index >= 15 is 0 Å². The molecule has 0 radical (unpaired) electrons. The molecule has 1 N–H and O–H groups in total. The molecule has 5 heteroatoms. The van der Waals surface area contributed by atoms with E-state index in [1.807, 2.05) is 24.3 Å². The van der Waals surface area contributed by atoms with Crippen molar-refractivity contribution in [2.75, 3.05) is 33.0 Å². The molecule has 23 heavy (non-hydrogen) atoms. The Kier molecular flexibility index (Phi) is 5.57. The maximum atomic E-state index is 12.5. The van der Waals surface area contributed by atoms with Crippen LogP contribution in [0.5, 0.6) is 0 Å². The number of ether oxygens (including phenoxy) is 2. The van der Waals surface area contributed by atoms with Crippen molar-refractivity contribution in [1.29, 1.82) is 0 Å². The number of hydrogen-bond acceptors (Lipinski definition) is 3. The molecule has 4 nitrogen and oxygen atoms in total. The molecule has 0 aromatic heterocycles. The van der Waals surface area contributed by atoms with E-state index in [1.165, 1.54) is 0 Å². The Morgan fingerprint density at radius 2 is 2.13 bits per heavy atom. The number of hydrogen-bond donors (Lipinski definition) is 1. The van der Waals surface area contributed by atoms with Crippen LogP contribution in [0.4, 0.5) is 0 Å². The highest BCUT2D eigenvalue weighted by atomic mass is 35.5. The van der Waals surface area contributed by atoms with Gasteiger partial charge >= 0.3 is 0 Å². The Morgan fingerprint density at radius 3 is 2.78 bits per heavy atom. The van der Waals surface area contributed by atoms with Gasteiger partial charge in [0.25, 0.3) is 0 Å². The Bertz CT molecular complexity index is 522. The van der Waals surface area contributed by atoms with Gasteiger partial charge in [0, 0.05) is 30.7 Å². The Balaban J connectivity index is 1.35. The summed E-state index contributed by atoms with van der Waals surface area (Å²) in [6.45, 7) is 3.79. The van der Waals surface area contributed by atoms with Crippen molar-refractivity contribution in [3.05, 3.63) is 34.9 Å². The highest BCUT2D eigenvalue weighted by Gasteiger charge is 2.50. The molecule has 1 atom stereocenters. The van der Waals surface area contributed by atoms with E-state index in [-0.39, 0.29) is 11.3 Å². The van der Waals surface area contributed by atoms with E-state index in [0.717, 1.165) is 51.1 Å². The van der Waals surface area contributed by atoms with Crippen LogP contribution in [-0.2, 0) is 19.7 Å². The third-order valence-corrected chi connectivity index (χ3v) is 4.96. The summed E-state index contributed by atoms with van der Waals surface area (Å²) in [7, 11) is 0. The first-order chi connectivity index (χ1) is 11.2. The lowest BCUT2D eigenvalue weighted by atomic mass is 9.95. The van der Waals surface area contributed by atoms with Crippen LogP contribution in [0.3, 0.4) is 0 Å². The Labute approximate surface area is 142 Å². The SMILES string of the molecule is O=C(NCCCOCC1CCOC1)C1(c2ccc(Cl)cc2)CC1. The van der Waals surface area contributed by atoms with Crippen molar-refractivity contribution >= 4 is 17.5 Å². The minimum absolute atomic E-state index is 0.129. The third kappa shape index (κ3) is 4.25. The molecule has 3 rings (SSSR count). The van der Waals surface area contributed by atoms with E-state index in [1.54, 1.807) is 0 Å². The molecular formula is C18H24ClNO3. The quantitative estimate of drug-likeness (QED) is 0.742.